The van der Waals surface area contributed by atoms with Gasteiger partial charge in [-0.15, -0.1) is 0 Å². The van der Waals surface area contributed by atoms with Crippen LogP contribution in [0, 0.1) is 11.3 Å². The summed E-state index contributed by atoms with van der Waals surface area (Å²) in [6.07, 6.45) is -1.68. The van der Waals surface area contributed by atoms with Crippen molar-refractivity contribution < 1.29 is 18.0 Å². The number of benzene rings is 3. The van der Waals surface area contributed by atoms with Gasteiger partial charge in [-0.05, 0) is 30.3 Å². The first-order valence-corrected chi connectivity index (χ1v) is 10.2. The Balaban J connectivity index is 1.74. The van der Waals surface area contributed by atoms with Crippen LogP contribution in [0.3, 0.4) is 0 Å². The number of amides is 1. The zero-order chi connectivity index (χ0) is 24.1. The van der Waals surface area contributed by atoms with E-state index in [1.807, 2.05) is 60.7 Å². The smallest absolute Gasteiger partial charge is 0.321 e. The molecule has 4 aromatic rings. The largest absolute Gasteiger partial charge is 0.418 e. The molecule has 3 aromatic carbocycles. The number of carbonyl (C=O) groups excluding carboxylic acids is 1. The van der Waals surface area contributed by atoms with Crippen LogP contribution < -0.4 is 5.32 Å². The highest BCUT2D eigenvalue weighted by molar-refractivity contribution is 6.10. The lowest BCUT2D eigenvalue weighted by atomic mass is 10.1. The maximum absolute atomic E-state index is 13.3. The summed E-state index contributed by atoms with van der Waals surface area (Å²) < 4.78 is 41.5. The summed E-state index contributed by atoms with van der Waals surface area (Å²) in [6.45, 7) is 0. The third kappa shape index (κ3) is 4.89. The van der Waals surface area contributed by atoms with Gasteiger partial charge in [0, 0.05) is 17.3 Å². The molecule has 5 nitrogen and oxygen atoms in total. The lowest BCUT2D eigenvalue weighted by molar-refractivity contribution is -0.137. The molecule has 4 rings (SSSR count). The van der Waals surface area contributed by atoms with E-state index in [9.17, 15) is 23.2 Å². The first kappa shape index (κ1) is 22.6. The van der Waals surface area contributed by atoms with E-state index in [0.29, 0.717) is 11.3 Å². The van der Waals surface area contributed by atoms with Gasteiger partial charge in [-0.2, -0.15) is 23.5 Å². The molecule has 8 heteroatoms. The predicted molar refractivity (Wildman–Crippen MR) is 123 cm³/mol. The van der Waals surface area contributed by atoms with Crippen molar-refractivity contribution in [3.05, 3.63) is 108 Å². The van der Waals surface area contributed by atoms with Crippen LogP contribution in [-0.4, -0.2) is 15.7 Å². The number of carbonyl (C=O) groups is 1. The highest BCUT2D eigenvalue weighted by atomic mass is 19.4. The maximum Gasteiger partial charge on any atom is 0.418 e. The first-order chi connectivity index (χ1) is 16.4. The summed E-state index contributed by atoms with van der Waals surface area (Å²) in [5.41, 5.74) is 0.713. The molecule has 1 amide bonds. The van der Waals surface area contributed by atoms with E-state index in [4.69, 9.17) is 0 Å². The Morgan fingerprint density at radius 2 is 1.56 bits per heavy atom. The van der Waals surface area contributed by atoms with Crippen molar-refractivity contribution in [1.29, 1.82) is 5.26 Å². The Labute approximate surface area is 193 Å². The van der Waals surface area contributed by atoms with Gasteiger partial charge in [-0.1, -0.05) is 60.7 Å². The van der Waals surface area contributed by atoms with Gasteiger partial charge in [0.1, 0.15) is 11.6 Å². The zero-order valence-electron chi connectivity index (χ0n) is 17.6. The van der Waals surface area contributed by atoms with Crippen molar-refractivity contribution in [2.45, 2.75) is 6.18 Å². The van der Waals surface area contributed by atoms with Gasteiger partial charge >= 0.3 is 6.18 Å². The average Bonchev–Trinajstić information content (AvgIpc) is 3.27. The van der Waals surface area contributed by atoms with Crippen molar-refractivity contribution in [3.63, 3.8) is 0 Å². The summed E-state index contributed by atoms with van der Waals surface area (Å²) in [4.78, 5) is 12.8. The lowest BCUT2D eigenvalue weighted by Crippen LogP contribution is -2.17. The van der Waals surface area contributed by atoms with E-state index in [2.05, 4.69) is 10.4 Å². The predicted octanol–water partition coefficient (Wildman–Crippen LogP) is 6.10. The van der Waals surface area contributed by atoms with Crippen LogP contribution in [0.5, 0.6) is 0 Å². The van der Waals surface area contributed by atoms with E-state index in [-0.39, 0.29) is 5.57 Å². The summed E-state index contributed by atoms with van der Waals surface area (Å²) in [5.74, 6) is -0.953. The second-order valence-corrected chi connectivity index (χ2v) is 7.25. The molecule has 0 bridgehead atoms. The molecule has 0 aliphatic carbocycles. The van der Waals surface area contributed by atoms with Crippen molar-refractivity contribution in [1.82, 2.24) is 9.78 Å². The fourth-order valence-corrected chi connectivity index (χ4v) is 3.36. The standard InChI is InChI=1S/C26H17F3N4O/c27-26(28,29)22-13-7-8-14-23(22)31-25(34)19(16-30)15-20-17-33(21-11-5-2-6-12-21)32-24(20)18-9-3-1-4-10-18/h1-15,17H,(H,31,34)/b19-15+. The number of halogens is 3. The number of hydrogen-bond acceptors (Lipinski definition) is 3. The molecule has 1 heterocycles. The normalized spacial score (nSPS) is 11.6. The number of para-hydroxylation sites is 2. The number of aromatic nitrogens is 2. The Hall–Kier alpha value is -4.64. The molecule has 168 valence electrons. The van der Waals surface area contributed by atoms with Crippen molar-refractivity contribution in [3.8, 4) is 23.0 Å². The van der Waals surface area contributed by atoms with E-state index in [0.717, 1.165) is 23.4 Å². The third-order valence-corrected chi connectivity index (χ3v) is 4.96. The minimum atomic E-state index is -4.66. The molecule has 0 aliphatic rings. The van der Waals surface area contributed by atoms with Crippen LogP contribution in [0.2, 0.25) is 0 Å². The molecule has 0 radical (unpaired) electrons. The van der Waals surface area contributed by atoms with Crippen molar-refractivity contribution in [2.24, 2.45) is 0 Å². The molecule has 0 unspecified atom stereocenters. The molecule has 0 fully saturated rings. The first-order valence-electron chi connectivity index (χ1n) is 10.2. The summed E-state index contributed by atoms with van der Waals surface area (Å²) in [6, 6.07) is 24.8. The van der Waals surface area contributed by atoms with Crippen LogP contribution in [0.25, 0.3) is 23.0 Å². The second-order valence-electron chi connectivity index (χ2n) is 7.25. The molecule has 0 saturated heterocycles. The van der Waals surface area contributed by atoms with Gasteiger partial charge in [0.05, 0.1) is 22.6 Å². The van der Waals surface area contributed by atoms with Crippen LogP contribution in [-0.2, 0) is 11.0 Å². The van der Waals surface area contributed by atoms with E-state index < -0.39 is 23.3 Å². The topological polar surface area (TPSA) is 70.7 Å². The summed E-state index contributed by atoms with van der Waals surface area (Å²) in [5, 5.41) is 16.4. The van der Waals surface area contributed by atoms with Crippen molar-refractivity contribution >= 4 is 17.7 Å². The average molecular weight is 458 g/mol. The third-order valence-electron chi connectivity index (χ3n) is 4.96. The van der Waals surface area contributed by atoms with Crippen LogP contribution in [0.1, 0.15) is 11.1 Å². The number of anilines is 1. The summed E-state index contributed by atoms with van der Waals surface area (Å²) >= 11 is 0. The molecule has 0 saturated carbocycles. The molecule has 34 heavy (non-hydrogen) atoms. The van der Waals surface area contributed by atoms with Gasteiger partial charge < -0.3 is 5.32 Å². The highest BCUT2D eigenvalue weighted by Crippen LogP contribution is 2.35. The molecule has 0 atom stereocenters. The number of hydrogen-bond donors (Lipinski definition) is 1. The summed E-state index contributed by atoms with van der Waals surface area (Å²) in [7, 11) is 0. The minimum absolute atomic E-state index is 0.359. The van der Waals surface area contributed by atoms with E-state index >= 15 is 0 Å². The zero-order valence-corrected chi connectivity index (χ0v) is 17.6. The van der Waals surface area contributed by atoms with Gasteiger partial charge in [-0.25, -0.2) is 4.68 Å². The van der Waals surface area contributed by atoms with Crippen molar-refractivity contribution in [2.75, 3.05) is 5.32 Å². The SMILES string of the molecule is N#C/C(=C\c1cn(-c2ccccc2)nc1-c1ccccc1)C(=O)Nc1ccccc1C(F)(F)F. The number of nitrogens with one attached hydrogen (secondary N) is 1. The van der Waals surface area contributed by atoms with Crippen LogP contribution >= 0.6 is 0 Å². The van der Waals surface area contributed by atoms with E-state index in [1.54, 1.807) is 16.9 Å². The fourth-order valence-electron chi connectivity index (χ4n) is 3.36. The maximum atomic E-state index is 13.3. The van der Waals surface area contributed by atoms with Gasteiger partial charge in [0.2, 0.25) is 0 Å². The molecule has 1 aromatic heterocycles. The Kier molecular flexibility index (Phi) is 6.28. The van der Waals surface area contributed by atoms with Crippen LogP contribution in [0.15, 0.2) is 96.7 Å². The fraction of sp³-hybridized carbons (Fsp3) is 0.0385. The molecule has 0 spiro atoms. The number of nitrogens with zero attached hydrogens (tertiary/aromatic N) is 3. The van der Waals surface area contributed by atoms with Crippen LogP contribution in [0.4, 0.5) is 18.9 Å². The second kappa shape index (κ2) is 9.46. The number of rotatable bonds is 5. The van der Waals surface area contributed by atoms with Gasteiger partial charge in [0.15, 0.2) is 0 Å². The monoisotopic (exact) mass is 458 g/mol. The Bertz CT molecular complexity index is 1390. The quantitative estimate of drug-likeness (QED) is 0.290. The molecular formula is C26H17F3N4O. The number of nitriles is 1. The van der Waals surface area contributed by atoms with Gasteiger partial charge in [-0.3, -0.25) is 4.79 Å². The Morgan fingerprint density at radius 1 is 0.941 bits per heavy atom. The highest BCUT2D eigenvalue weighted by Gasteiger charge is 2.33. The minimum Gasteiger partial charge on any atom is -0.321 e. The Morgan fingerprint density at radius 3 is 2.21 bits per heavy atom. The molecule has 1 N–H and O–H groups in total. The molecular weight excluding hydrogens is 441 g/mol. The lowest BCUT2D eigenvalue weighted by Gasteiger charge is -2.13. The molecule has 0 aliphatic heterocycles. The number of alkyl halides is 3. The van der Waals surface area contributed by atoms with E-state index in [1.165, 1.54) is 18.2 Å². The van der Waals surface area contributed by atoms with Gasteiger partial charge in [0.25, 0.3) is 5.91 Å².